The highest BCUT2D eigenvalue weighted by Crippen LogP contribution is 2.11. The van der Waals surface area contributed by atoms with Crippen LogP contribution in [0.3, 0.4) is 0 Å². The van der Waals surface area contributed by atoms with Crippen molar-refractivity contribution in [3.63, 3.8) is 0 Å². The van der Waals surface area contributed by atoms with Crippen LogP contribution in [0.15, 0.2) is 18.2 Å². The number of rotatable bonds is 2. The van der Waals surface area contributed by atoms with Crippen molar-refractivity contribution >= 4 is 5.97 Å². The molecule has 1 aromatic carbocycles. The summed E-state index contributed by atoms with van der Waals surface area (Å²) in [7, 11) is 0. The predicted molar refractivity (Wildman–Crippen MR) is 54.8 cm³/mol. The summed E-state index contributed by atoms with van der Waals surface area (Å²) in [6.07, 6.45) is -0.224. The Morgan fingerprint density at radius 2 is 2.25 bits per heavy atom. The van der Waals surface area contributed by atoms with Gasteiger partial charge in [0.1, 0.15) is 5.82 Å². The normalized spacial score (nSPS) is 8.75. The average molecular weight is 217 g/mol. The Labute approximate surface area is 92.1 Å². The lowest BCUT2D eigenvalue weighted by molar-refractivity contribution is -0.136. The van der Waals surface area contributed by atoms with Gasteiger partial charge < -0.3 is 5.11 Å². The minimum Gasteiger partial charge on any atom is -0.481 e. The summed E-state index contributed by atoms with van der Waals surface area (Å²) in [6, 6.07) is 5.61. The Hall–Kier alpha value is -2.33. The Kier molecular flexibility index (Phi) is 4.06. The minimum atomic E-state index is -1.05. The van der Waals surface area contributed by atoms with Crippen LogP contribution in [0, 0.1) is 29.0 Å². The van der Waals surface area contributed by atoms with Crippen LogP contribution in [-0.2, 0) is 11.2 Å². The van der Waals surface area contributed by atoms with Gasteiger partial charge in [-0.05, 0) is 23.8 Å². The maximum absolute atomic E-state index is 12.9. The summed E-state index contributed by atoms with van der Waals surface area (Å²) in [5.74, 6) is 3.66. The summed E-state index contributed by atoms with van der Waals surface area (Å²) >= 11 is 0. The smallest absolute Gasteiger partial charge is 0.307 e. The van der Waals surface area contributed by atoms with Crippen LogP contribution in [0.5, 0.6) is 0 Å². The molecule has 80 valence electrons. The molecule has 0 fully saturated rings. The van der Waals surface area contributed by atoms with E-state index in [0.29, 0.717) is 11.1 Å². The molecule has 1 N–H and O–H groups in total. The predicted octanol–water partition coefficient (Wildman–Crippen LogP) is 1.72. The number of nitriles is 1. The molecule has 1 aromatic rings. The molecule has 0 heterocycles. The fraction of sp³-hybridized carbons (Fsp3) is 0.167. The van der Waals surface area contributed by atoms with Crippen LogP contribution < -0.4 is 0 Å². The van der Waals surface area contributed by atoms with Crippen molar-refractivity contribution in [2.24, 2.45) is 0 Å². The average Bonchev–Trinajstić information content (AvgIpc) is 2.20. The molecular weight excluding hydrogens is 209 g/mol. The van der Waals surface area contributed by atoms with Gasteiger partial charge in [0.15, 0.2) is 0 Å². The first-order valence-electron chi connectivity index (χ1n) is 4.49. The van der Waals surface area contributed by atoms with E-state index in [1.54, 1.807) is 0 Å². The third-order valence-electron chi connectivity index (χ3n) is 1.80. The van der Waals surface area contributed by atoms with Crippen LogP contribution in [0.2, 0.25) is 0 Å². The van der Waals surface area contributed by atoms with E-state index < -0.39 is 11.8 Å². The molecule has 16 heavy (non-hydrogen) atoms. The van der Waals surface area contributed by atoms with Gasteiger partial charge in [0.25, 0.3) is 0 Å². The molecule has 0 bridgehead atoms. The fourth-order valence-corrected chi connectivity index (χ4v) is 1.17. The molecule has 0 unspecified atom stereocenters. The summed E-state index contributed by atoms with van der Waals surface area (Å²) in [5.41, 5.74) is 0.761. The second-order valence-electron chi connectivity index (χ2n) is 3.01. The summed E-state index contributed by atoms with van der Waals surface area (Å²) in [4.78, 5) is 10.5. The highest BCUT2D eigenvalue weighted by molar-refractivity contribution is 5.71. The van der Waals surface area contributed by atoms with Crippen molar-refractivity contribution in [2.75, 3.05) is 0 Å². The molecule has 0 aliphatic heterocycles. The number of benzene rings is 1. The molecule has 1 rings (SSSR count). The van der Waals surface area contributed by atoms with Crippen LogP contribution in [-0.4, -0.2) is 11.1 Å². The van der Waals surface area contributed by atoms with Gasteiger partial charge in [0.05, 0.1) is 18.9 Å². The standard InChI is InChI=1S/C12H8FNO2/c13-11-5-4-9(3-1-2-6-14)10(7-11)8-12(15)16/h4-5,7H,2,8H2,(H,15,16). The molecule has 0 spiro atoms. The summed E-state index contributed by atoms with van der Waals surface area (Å²) in [6.45, 7) is 0. The maximum Gasteiger partial charge on any atom is 0.307 e. The SMILES string of the molecule is N#CCC#Cc1ccc(F)cc1CC(=O)O. The third kappa shape index (κ3) is 3.43. The Morgan fingerprint density at radius 3 is 2.88 bits per heavy atom. The number of hydrogen-bond acceptors (Lipinski definition) is 2. The van der Waals surface area contributed by atoms with Crippen LogP contribution >= 0.6 is 0 Å². The summed E-state index contributed by atoms with van der Waals surface area (Å²) < 4.78 is 12.9. The van der Waals surface area contributed by atoms with Gasteiger partial charge in [-0.1, -0.05) is 11.8 Å². The number of aliphatic carboxylic acids is 1. The fourth-order valence-electron chi connectivity index (χ4n) is 1.17. The lowest BCUT2D eigenvalue weighted by Crippen LogP contribution is -2.02. The quantitative estimate of drug-likeness (QED) is 0.767. The molecule has 0 saturated heterocycles. The lowest BCUT2D eigenvalue weighted by Gasteiger charge is -2.01. The van der Waals surface area contributed by atoms with Crippen LogP contribution in [0.4, 0.5) is 4.39 Å². The van der Waals surface area contributed by atoms with E-state index in [9.17, 15) is 9.18 Å². The zero-order valence-corrected chi connectivity index (χ0v) is 8.33. The number of carboxylic acids is 1. The highest BCUT2D eigenvalue weighted by atomic mass is 19.1. The topological polar surface area (TPSA) is 61.1 Å². The number of hydrogen-bond donors (Lipinski definition) is 1. The molecule has 0 aliphatic rings. The zero-order valence-electron chi connectivity index (χ0n) is 8.33. The summed E-state index contributed by atoms with van der Waals surface area (Å²) in [5, 5.41) is 16.9. The second kappa shape index (κ2) is 5.53. The van der Waals surface area contributed by atoms with Gasteiger partial charge in [0, 0.05) is 5.56 Å². The highest BCUT2D eigenvalue weighted by Gasteiger charge is 2.06. The Balaban J connectivity index is 3.04. The van der Waals surface area contributed by atoms with E-state index in [2.05, 4.69) is 11.8 Å². The van der Waals surface area contributed by atoms with E-state index in [1.807, 2.05) is 6.07 Å². The Morgan fingerprint density at radius 1 is 1.50 bits per heavy atom. The van der Waals surface area contributed by atoms with Crippen molar-refractivity contribution < 1.29 is 14.3 Å². The van der Waals surface area contributed by atoms with E-state index in [-0.39, 0.29) is 12.8 Å². The second-order valence-corrected chi connectivity index (χ2v) is 3.01. The Bertz CT molecular complexity index is 506. The van der Waals surface area contributed by atoms with Crippen molar-refractivity contribution in [3.8, 4) is 17.9 Å². The van der Waals surface area contributed by atoms with Gasteiger partial charge in [-0.3, -0.25) is 4.79 Å². The molecule has 0 saturated carbocycles. The molecule has 0 aliphatic carbocycles. The molecule has 0 amide bonds. The third-order valence-corrected chi connectivity index (χ3v) is 1.80. The first-order valence-corrected chi connectivity index (χ1v) is 4.49. The van der Waals surface area contributed by atoms with E-state index >= 15 is 0 Å². The van der Waals surface area contributed by atoms with Gasteiger partial charge in [-0.25, -0.2) is 4.39 Å². The molecular formula is C12H8FNO2. The number of carbonyl (C=O) groups is 1. The first kappa shape index (κ1) is 11.7. The minimum absolute atomic E-state index is 0.0594. The molecule has 0 radical (unpaired) electrons. The van der Waals surface area contributed by atoms with Gasteiger partial charge >= 0.3 is 5.97 Å². The number of halogens is 1. The maximum atomic E-state index is 12.9. The van der Waals surface area contributed by atoms with Crippen LogP contribution in [0.25, 0.3) is 0 Å². The molecule has 0 aromatic heterocycles. The lowest BCUT2D eigenvalue weighted by atomic mass is 10.0. The van der Waals surface area contributed by atoms with Gasteiger partial charge in [-0.15, -0.1) is 0 Å². The van der Waals surface area contributed by atoms with E-state index in [0.717, 1.165) is 6.07 Å². The van der Waals surface area contributed by atoms with E-state index in [1.165, 1.54) is 12.1 Å². The van der Waals surface area contributed by atoms with Crippen molar-refractivity contribution in [1.29, 1.82) is 5.26 Å². The largest absolute Gasteiger partial charge is 0.481 e. The number of carboxylic acid groups (broad SMARTS) is 1. The van der Waals surface area contributed by atoms with Gasteiger partial charge in [0.2, 0.25) is 0 Å². The van der Waals surface area contributed by atoms with Crippen molar-refractivity contribution in [2.45, 2.75) is 12.8 Å². The monoisotopic (exact) mass is 217 g/mol. The zero-order chi connectivity index (χ0) is 12.0. The molecule has 3 nitrogen and oxygen atoms in total. The molecule has 4 heteroatoms. The van der Waals surface area contributed by atoms with Crippen molar-refractivity contribution in [1.82, 2.24) is 0 Å². The van der Waals surface area contributed by atoms with Crippen LogP contribution in [0.1, 0.15) is 17.5 Å². The van der Waals surface area contributed by atoms with E-state index in [4.69, 9.17) is 10.4 Å². The van der Waals surface area contributed by atoms with Crippen molar-refractivity contribution in [3.05, 3.63) is 35.1 Å². The number of nitrogens with zero attached hydrogens (tertiary/aromatic N) is 1. The molecule has 0 atom stereocenters. The van der Waals surface area contributed by atoms with Gasteiger partial charge in [-0.2, -0.15) is 5.26 Å². The first-order chi connectivity index (χ1) is 7.63.